The second kappa shape index (κ2) is 3.12. The van der Waals surface area contributed by atoms with E-state index >= 15 is 0 Å². The van der Waals surface area contributed by atoms with Gasteiger partial charge >= 0.3 is 0 Å². The lowest BCUT2D eigenvalue weighted by atomic mass is 10.0. The lowest BCUT2D eigenvalue weighted by Crippen LogP contribution is -1.94. The third kappa shape index (κ3) is 1.13. The molecule has 0 fully saturated rings. The fraction of sp³-hybridized carbons (Fsp3) is 0.167. The molecule has 1 heterocycles. The Kier molecular flexibility index (Phi) is 1.90. The van der Waals surface area contributed by atoms with Crippen LogP contribution < -0.4 is 0 Å². The largest absolute Gasteiger partial charge is 0.355 e. The molecule has 0 saturated heterocycles. The van der Waals surface area contributed by atoms with Crippen molar-refractivity contribution in [3.05, 3.63) is 41.6 Å². The van der Waals surface area contributed by atoms with Crippen LogP contribution in [0, 0.1) is 0 Å². The van der Waals surface area contributed by atoms with E-state index < -0.39 is 0 Å². The Balaban J connectivity index is 2.40. The van der Waals surface area contributed by atoms with E-state index in [1.54, 1.807) is 0 Å². The average molecular weight is 295 g/mol. The molecule has 70 valence electrons. The van der Waals surface area contributed by atoms with E-state index in [0.29, 0.717) is 3.92 Å². The number of fused-ring (bicyclic) bond motifs is 3. The molecule has 1 aliphatic rings. The fourth-order valence-corrected chi connectivity index (χ4v) is 3.04. The molecule has 2 heteroatoms. The predicted molar refractivity (Wildman–Crippen MR) is 68.7 cm³/mol. The third-order valence-electron chi connectivity index (χ3n) is 2.72. The molecule has 14 heavy (non-hydrogen) atoms. The van der Waals surface area contributed by atoms with Gasteiger partial charge in [0, 0.05) is 20.5 Å². The van der Waals surface area contributed by atoms with Gasteiger partial charge in [0.1, 0.15) is 0 Å². The second-order valence-electron chi connectivity index (χ2n) is 3.60. The minimum atomic E-state index is 0.615. The first-order valence-electron chi connectivity index (χ1n) is 4.77. The minimum Gasteiger partial charge on any atom is -0.355 e. The summed E-state index contributed by atoms with van der Waals surface area (Å²) in [6, 6.07) is 8.54. The molecule has 0 radical (unpaired) electrons. The van der Waals surface area contributed by atoms with E-state index in [-0.39, 0.29) is 0 Å². The van der Waals surface area contributed by atoms with Crippen molar-refractivity contribution in [2.75, 3.05) is 0 Å². The molecular weight excluding hydrogens is 285 g/mol. The number of aromatic amines is 1. The number of benzene rings is 1. The number of rotatable bonds is 0. The van der Waals surface area contributed by atoms with E-state index in [9.17, 15) is 0 Å². The van der Waals surface area contributed by atoms with Gasteiger partial charge in [0.15, 0.2) is 0 Å². The van der Waals surface area contributed by atoms with Crippen LogP contribution in [0.25, 0.3) is 17.0 Å². The maximum atomic E-state index is 3.45. The summed E-state index contributed by atoms with van der Waals surface area (Å²) in [6.07, 6.45) is 5.59. The molecule has 1 nitrogen and oxygen atoms in total. The monoisotopic (exact) mass is 295 g/mol. The number of halogens is 1. The lowest BCUT2D eigenvalue weighted by Gasteiger charge is -2.12. The molecule has 3 rings (SSSR count). The lowest BCUT2D eigenvalue weighted by molar-refractivity contribution is 0.999. The van der Waals surface area contributed by atoms with Crippen molar-refractivity contribution in [3.8, 4) is 0 Å². The van der Waals surface area contributed by atoms with Crippen LogP contribution in [0.3, 0.4) is 0 Å². The van der Waals surface area contributed by atoms with Gasteiger partial charge in [-0.1, -0.05) is 46.9 Å². The topological polar surface area (TPSA) is 15.8 Å². The second-order valence-corrected chi connectivity index (χ2v) is 5.11. The summed E-state index contributed by atoms with van der Waals surface area (Å²) in [7, 11) is 0. The van der Waals surface area contributed by atoms with Gasteiger partial charge < -0.3 is 4.98 Å². The van der Waals surface area contributed by atoms with Crippen LogP contribution >= 0.6 is 22.6 Å². The summed E-state index contributed by atoms with van der Waals surface area (Å²) in [6.45, 7) is 0. The molecule has 0 bridgehead atoms. The van der Waals surface area contributed by atoms with Gasteiger partial charge in [-0.15, -0.1) is 0 Å². The molecule has 1 aromatic carbocycles. The van der Waals surface area contributed by atoms with Gasteiger partial charge in [-0.3, -0.25) is 0 Å². The minimum absolute atomic E-state index is 0.615. The van der Waals surface area contributed by atoms with Gasteiger partial charge in [-0.05, 0) is 24.1 Å². The van der Waals surface area contributed by atoms with Crippen LogP contribution in [-0.4, -0.2) is 4.98 Å². The molecule has 1 N–H and O–H groups in total. The Morgan fingerprint density at radius 3 is 3.07 bits per heavy atom. The van der Waals surface area contributed by atoms with Gasteiger partial charge in [-0.2, -0.15) is 0 Å². The zero-order valence-electron chi connectivity index (χ0n) is 7.63. The van der Waals surface area contributed by atoms with Gasteiger partial charge in [0.05, 0.1) is 0 Å². The summed E-state index contributed by atoms with van der Waals surface area (Å²) >= 11 is 2.52. The highest BCUT2D eigenvalue weighted by atomic mass is 127. The van der Waals surface area contributed by atoms with Crippen LogP contribution in [0.1, 0.15) is 21.6 Å². The van der Waals surface area contributed by atoms with Gasteiger partial charge in [0.25, 0.3) is 0 Å². The van der Waals surface area contributed by atoms with Crippen molar-refractivity contribution in [1.29, 1.82) is 0 Å². The Labute approximate surface area is 96.3 Å². The number of H-pyrrole nitrogens is 1. The summed E-state index contributed by atoms with van der Waals surface area (Å²) in [5.74, 6) is 0. The maximum Gasteiger partial charge on any atom is 0.0461 e. The number of aromatic nitrogens is 1. The van der Waals surface area contributed by atoms with Crippen molar-refractivity contribution in [2.24, 2.45) is 0 Å². The third-order valence-corrected chi connectivity index (χ3v) is 3.85. The number of para-hydroxylation sites is 1. The molecule has 0 spiro atoms. The van der Waals surface area contributed by atoms with Crippen LogP contribution in [-0.2, 0) is 0 Å². The number of hydrogen-bond acceptors (Lipinski definition) is 0. The molecule has 0 saturated carbocycles. The van der Waals surface area contributed by atoms with Crippen LogP contribution in [0.2, 0.25) is 0 Å². The Hall–Kier alpha value is -0.770. The number of hydrogen-bond donors (Lipinski definition) is 1. The molecule has 2 aromatic rings. The number of nitrogens with one attached hydrogen (secondary N) is 1. The Morgan fingerprint density at radius 1 is 1.29 bits per heavy atom. The highest BCUT2D eigenvalue weighted by Crippen LogP contribution is 2.39. The van der Waals surface area contributed by atoms with Crippen LogP contribution in [0.5, 0.6) is 0 Å². The molecule has 1 unspecified atom stereocenters. The first-order valence-corrected chi connectivity index (χ1v) is 6.02. The summed E-state index contributed by atoms with van der Waals surface area (Å²) in [5, 5.41) is 1.38. The fourth-order valence-electron chi connectivity index (χ4n) is 2.08. The Bertz CT molecular complexity index is 510. The van der Waals surface area contributed by atoms with Gasteiger partial charge in [-0.25, -0.2) is 0 Å². The summed E-state index contributed by atoms with van der Waals surface area (Å²) in [5.41, 5.74) is 4.02. The SMILES string of the molecule is IC1CC=Cc2[nH]c3ccccc3c21. The molecular formula is C12H10IN. The van der Waals surface area contributed by atoms with Gasteiger partial charge in [0.2, 0.25) is 0 Å². The smallest absolute Gasteiger partial charge is 0.0461 e. The van der Waals surface area contributed by atoms with E-state index in [1.807, 2.05) is 0 Å². The first-order chi connectivity index (χ1) is 6.86. The summed E-state index contributed by atoms with van der Waals surface area (Å²) in [4.78, 5) is 3.45. The van der Waals surface area contributed by atoms with Crippen molar-refractivity contribution >= 4 is 39.6 Å². The molecule has 0 amide bonds. The van der Waals surface area contributed by atoms with Crippen molar-refractivity contribution in [3.63, 3.8) is 0 Å². The highest BCUT2D eigenvalue weighted by Gasteiger charge is 2.18. The molecule has 0 aliphatic heterocycles. The van der Waals surface area contributed by atoms with E-state index in [4.69, 9.17) is 0 Å². The van der Waals surface area contributed by atoms with Crippen molar-refractivity contribution < 1.29 is 0 Å². The summed E-state index contributed by atoms with van der Waals surface area (Å²) < 4.78 is 0.615. The van der Waals surface area contributed by atoms with Crippen LogP contribution in [0.4, 0.5) is 0 Å². The average Bonchev–Trinajstić information content (AvgIpc) is 2.57. The predicted octanol–water partition coefficient (Wildman–Crippen LogP) is 4.06. The molecule has 1 aliphatic carbocycles. The zero-order chi connectivity index (χ0) is 9.54. The van der Waals surface area contributed by atoms with Crippen molar-refractivity contribution in [2.45, 2.75) is 10.3 Å². The van der Waals surface area contributed by atoms with Crippen LogP contribution in [0.15, 0.2) is 30.3 Å². The normalized spacial score (nSPS) is 19.9. The standard InChI is InChI=1S/C12H10IN/c13-9-5-3-7-11-12(9)8-4-1-2-6-10(8)14-11/h1-4,6-7,9,14H,5H2. The number of allylic oxidation sites excluding steroid dienone is 1. The van der Waals surface area contributed by atoms with E-state index in [1.165, 1.54) is 22.2 Å². The van der Waals surface area contributed by atoms with E-state index in [2.05, 4.69) is 64.0 Å². The number of alkyl halides is 1. The quantitative estimate of drug-likeness (QED) is 0.557. The maximum absolute atomic E-state index is 3.45. The van der Waals surface area contributed by atoms with E-state index in [0.717, 1.165) is 6.42 Å². The molecule has 1 atom stereocenters. The first kappa shape index (κ1) is 8.53. The zero-order valence-corrected chi connectivity index (χ0v) is 9.78. The van der Waals surface area contributed by atoms with Crippen molar-refractivity contribution in [1.82, 2.24) is 4.98 Å². The highest BCUT2D eigenvalue weighted by molar-refractivity contribution is 14.1. The Morgan fingerprint density at radius 2 is 2.14 bits per heavy atom. The molecule has 1 aromatic heterocycles.